The first kappa shape index (κ1) is 37.7. The smallest absolute Gasteiger partial charge is 0.313 e. The minimum Gasteiger partial charge on any atom is -0.497 e. The van der Waals surface area contributed by atoms with Crippen molar-refractivity contribution in [2.75, 3.05) is 20.8 Å². The number of allylic oxidation sites excluding steroid dienone is 4. The Hall–Kier alpha value is -3.89. The van der Waals surface area contributed by atoms with Crippen LogP contribution in [0.15, 0.2) is 64.8 Å². The Morgan fingerprint density at radius 1 is 0.911 bits per heavy atom. The summed E-state index contributed by atoms with van der Waals surface area (Å²) in [5.74, 6) is 0.663. The number of methoxy groups -OCH3 is 2. The molecule has 1 saturated heterocycles. The normalized spacial score (nSPS) is 42.3. The Bertz CT molecular complexity index is 2070. The molecule has 300 valence electrons. The van der Waals surface area contributed by atoms with Crippen molar-refractivity contribution in [3.05, 3.63) is 71.7 Å². The number of furan rings is 1. The van der Waals surface area contributed by atoms with E-state index in [1.165, 1.54) is 6.26 Å². The van der Waals surface area contributed by atoms with Crippen LogP contribution >= 0.6 is 0 Å². The molecular weight excluding hydrogens is 711 g/mol. The quantitative estimate of drug-likeness (QED) is 0.154. The van der Waals surface area contributed by atoms with Crippen molar-refractivity contribution < 1.29 is 43.2 Å². The molecule has 10 heteroatoms. The molecule has 10 nitrogen and oxygen atoms in total. The molecular formula is C46H57NO9. The first-order valence-electron chi connectivity index (χ1n) is 20.6. The first-order chi connectivity index (χ1) is 26.4. The highest BCUT2D eigenvalue weighted by molar-refractivity contribution is 6.09. The molecule has 1 aliphatic heterocycles. The highest BCUT2D eigenvalue weighted by Crippen LogP contribution is 2.78. The summed E-state index contributed by atoms with van der Waals surface area (Å²) in [6, 6.07) is 8.97. The number of ketones is 1. The summed E-state index contributed by atoms with van der Waals surface area (Å²) >= 11 is 0. The molecule has 10 rings (SSSR count). The highest BCUT2D eigenvalue weighted by atomic mass is 16.6. The average Bonchev–Trinajstić information content (AvgIpc) is 3.89. The largest absolute Gasteiger partial charge is 0.497 e. The second-order valence-electron chi connectivity index (χ2n) is 19.6. The van der Waals surface area contributed by atoms with Crippen LogP contribution in [0.5, 0.6) is 11.5 Å². The molecule has 0 radical (unpaired) electrons. The van der Waals surface area contributed by atoms with Crippen molar-refractivity contribution in [1.29, 1.82) is 0 Å². The zero-order valence-corrected chi connectivity index (χ0v) is 33.9. The second-order valence-corrected chi connectivity index (χ2v) is 19.6. The molecule has 10 atom stereocenters. The van der Waals surface area contributed by atoms with Gasteiger partial charge < -0.3 is 33.7 Å². The number of carbonyl (C=O) groups is 3. The van der Waals surface area contributed by atoms with E-state index in [1.807, 2.05) is 32.9 Å². The number of amides is 1. The standard InChI is InChI=1S/C46H57NO9/c1-39(2)42(5)18-21-46(39,56-38(42)51)37(50)47(26-28-10-11-30(53-6)23-33(28)54-7)27-44(52)17-14-35-41(44,4)16-13-34-40(3)15-12-29(48)24-43(40)19-20-45(34,35)31(25-43)36(49)32-9-8-22-55-32/h8-11,19-20,22-23,25,29,34-35,48,52H,12-18,21,24,26-27H2,1-7H3. The van der Waals surface area contributed by atoms with E-state index in [2.05, 4.69) is 32.1 Å². The van der Waals surface area contributed by atoms with Gasteiger partial charge in [-0.1, -0.05) is 45.9 Å². The first-order valence-corrected chi connectivity index (χ1v) is 20.6. The predicted octanol–water partition coefficient (Wildman–Crippen LogP) is 7.22. The number of rotatable bonds is 9. The molecule has 7 aliphatic carbocycles. The fraction of sp³-hybridized carbons (Fsp3) is 0.630. The van der Waals surface area contributed by atoms with E-state index in [0.29, 0.717) is 67.8 Å². The number of hydrogen-bond acceptors (Lipinski definition) is 9. The van der Waals surface area contributed by atoms with Gasteiger partial charge in [0.25, 0.3) is 5.91 Å². The highest BCUT2D eigenvalue weighted by Gasteiger charge is 2.78. The van der Waals surface area contributed by atoms with Crippen molar-refractivity contribution >= 4 is 17.7 Å². The molecule has 5 fully saturated rings. The molecule has 10 unspecified atom stereocenters. The van der Waals surface area contributed by atoms with Gasteiger partial charge in [-0.2, -0.15) is 0 Å². The van der Waals surface area contributed by atoms with Gasteiger partial charge >= 0.3 is 5.97 Å². The summed E-state index contributed by atoms with van der Waals surface area (Å²) in [6.07, 6.45) is 13.5. The van der Waals surface area contributed by atoms with Gasteiger partial charge in [0.1, 0.15) is 11.5 Å². The third-order valence-corrected chi connectivity index (χ3v) is 17.7. The summed E-state index contributed by atoms with van der Waals surface area (Å²) in [7, 11) is 3.17. The number of benzene rings is 1. The summed E-state index contributed by atoms with van der Waals surface area (Å²) in [5, 5.41) is 24.5. The van der Waals surface area contributed by atoms with Crippen molar-refractivity contribution in [1.82, 2.24) is 4.90 Å². The maximum Gasteiger partial charge on any atom is 0.313 e. The molecule has 1 aromatic heterocycles. The lowest BCUT2D eigenvalue weighted by Gasteiger charge is -2.71. The third kappa shape index (κ3) is 4.38. The SMILES string of the molecule is COc1ccc(CN(CC2(O)CCC3C45C=CC6(C=C4C(=O)c4ccco4)CC(O)CCC6(C)C5CCC32C)C(=O)C23CCC(C)(C(=O)O2)C3(C)C)c(OC)c1. The van der Waals surface area contributed by atoms with Crippen LogP contribution in [0.3, 0.4) is 0 Å². The van der Waals surface area contributed by atoms with E-state index in [0.717, 1.165) is 18.4 Å². The Balaban J connectivity index is 1.14. The van der Waals surface area contributed by atoms with Gasteiger partial charge in [0.2, 0.25) is 5.78 Å². The molecule has 1 amide bonds. The van der Waals surface area contributed by atoms with Crippen LogP contribution in [0.4, 0.5) is 0 Å². The molecule has 8 aliphatic rings. The van der Waals surface area contributed by atoms with Crippen LogP contribution in [0, 0.1) is 44.3 Å². The van der Waals surface area contributed by atoms with Gasteiger partial charge in [-0.25, -0.2) is 0 Å². The number of aliphatic hydroxyl groups is 2. The fourth-order valence-electron chi connectivity index (χ4n) is 13.8. The number of hydrogen-bond donors (Lipinski definition) is 2. The minimum atomic E-state index is -1.38. The maximum atomic E-state index is 15.4. The molecule has 56 heavy (non-hydrogen) atoms. The number of ether oxygens (including phenoxy) is 3. The van der Waals surface area contributed by atoms with Crippen LogP contribution in [-0.4, -0.2) is 70.8 Å². The summed E-state index contributed by atoms with van der Waals surface area (Å²) in [6.45, 7) is 10.5. The Kier molecular flexibility index (Phi) is 7.97. The van der Waals surface area contributed by atoms with Gasteiger partial charge in [-0.15, -0.1) is 0 Å². The number of nitrogens with zero attached hydrogens (tertiary/aromatic N) is 1. The van der Waals surface area contributed by atoms with E-state index in [1.54, 1.807) is 37.3 Å². The van der Waals surface area contributed by atoms with E-state index < -0.39 is 44.4 Å². The number of fused-ring (bicyclic) bond motifs is 3. The molecule has 4 saturated carbocycles. The maximum absolute atomic E-state index is 15.4. The zero-order valence-electron chi connectivity index (χ0n) is 33.9. The van der Waals surface area contributed by atoms with Gasteiger partial charge in [0.05, 0.1) is 44.1 Å². The van der Waals surface area contributed by atoms with Crippen LogP contribution in [-0.2, 0) is 20.9 Å². The fourth-order valence-corrected chi connectivity index (χ4v) is 13.8. The Morgan fingerprint density at radius 3 is 2.30 bits per heavy atom. The number of carbonyl (C=O) groups excluding carboxylic acids is 3. The summed E-state index contributed by atoms with van der Waals surface area (Å²) < 4.78 is 23.2. The van der Waals surface area contributed by atoms with Crippen LogP contribution in [0.1, 0.15) is 109 Å². The van der Waals surface area contributed by atoms with Gasteiger partial charge in [-0.05, 0) is 106 Å². The van der Waals surface area contributed by atoms with E-state index in [9.17, 15) is 19.8 Å². The predicted molar refractivity (Wildman–Crippen MR) is 207 cm³/mol. The second kappa shape index (κ2) is 11.8. The van der Waals surface area contributed by atoms with Crippen molar-refractivity contribution in [2.45, 2.75) is 116 Å². The van der Waals surface area contributed by atoms with Crippen LogP contribution in [0.25, 0.3) is 0 Å². The zero-order chi connectivity index (χ0) is 39.9. The minimum absolute atomic E-state index is 0.0170. The average molecular weight is 768 g/mol. The van der Waals surface area contributed by atoms with Crippen molar-refractivity contribution in [3.63, 3.8) is 0 Å². The number of esters is 1. The molecule has 4 bridgehead atoms. The summed E-state index contributed by atoms with van der Waals surface area (Å²) in [5.41, 5.74) is -4.88. The topological polar surface area (TPSA) is 136 Å². The molecule has 2 spiro atoms. The van der Waals surface area contributed by atoms with E-state index in [4.69, 9.17) is 18.6 Å². The molecule has 2 heterocycles. The monoisotopic (exact) mass is 767 g/mol. The number of Topliss-reactive ketones (excluding diaryl/α,β-unsaturated/α-hetero) is 1. The van der Waals surface area contributed by atoms with Crippen LogP contribution < -0.4 is 9.47 Å². The van der Waals surface area contributed by atoms with E-state index in [-0.39, 0.29) is 48.0 Å². The summed E-state index contributed by atoms with van der Waals surface area (Å²) in [4.78, 5) is 45.3. The lowest BCUT2D eigenvalue weighted by atomic mass is 9.32. The Morgan fingerprint density at radius 2 is 1.64 bits per heavy atom. The lowest BCUT2D eigenvalue weighted by molar-refractivity contribution is -0.187. The van der Waals surface area contributed by atoms with Crippen LogP contribution in [0.2, 0.25) is 0 Å². The van der Waals surface area contributed by atoms with Crippen molar-refractivity contribution in [2.24, 2.45) is 44.3 Å². The van der Waals surface area contributed by atoms with Gasteiger partial charge in [0, 0.05) is 45.4 Å². The molecule has 1 aromatic carbocycles. The number of aliphatic hydroxyl groups excluding tert-OH is 1. The molecule has 2 aromatic rings. The van der Waals surface area contributed by atoms with Gasteiger partial charge in [0.15, 0.2) is 11.4 Å². The Labute approximate surface area is 329 Å². The van der Waals surface area contributed by atoms with Crippen molar-refractivity contribution in [3.8, 4) is 11.5 Å². The molecule has 2 N–H and O–H groups in total. The third-order valence-electron chi connectivity index (χ3n) is 17.7. The lowest BCUT2D eigenvalue weighted by Crippen LogP contribution is -2.67. The van der Waals surface area contributed by atoms with E-state index >= 15 is 4.79 Å². The van der Waals surface area contributed by atoms with Gasteiger partial charge in [-0.3, -0.25) is 14.4 Å².